The predicted molar refractivity (Wildman–Crippen MR) is 65.0 cm³/mol. The Bertz CT molecular complexity index is 391. The van der Waals surface area contributed by atoms with E-state index in [4.69, 9.17) is 0 Å². The Kier molecular flexibility index (Phi) is 3.87. The molecule has 1 unspecified atom stereocenters. The minimum atomic E-state index is -0.410. The van der Waals surface area contributed by atoms with Gasteiger partial charge in [0.1, 0.15) is 11.9 Å². The van der Waals surface area contributed by atoms with Crippen LogP contribution in [0.4, 0.5) is 11.4 Å². The second kappa shape index (κ2) is 5.58. The lowest BCUT2D eigenvalue weighted by molar-refractivity contribution is -0.384. The Morgan fingerprint density at radius 1 is 1.65 bits per heavy atom. The van der Waals surface area contributed by atoms with Gasteiger partial charge in [-0.1, -0.05) is 0 Å². The lowest BCUT2D eigenvalue weighted by Crippen LogP contribution is -2.13. The van der Waals surface area contributed by atoms with Crippen LogP contribution in [0.5, 0.6) is 0 Å². The Balaban J connectivity index is 1.87. The molecule has 6 heteroatoms. The zero-order chi connectivity index (χ0) is 12.1. The highest BCUT2D eigenvalue weighted by atomic mass is 16.6. The lowest BCUT2D eigenvalue weighted by Gasteiger charge is -2.10. The van der Waals surface area contributed by atoms with Gasteiger partial charge in [-0.05, 0) is 37.9 Å². The summed E-state index contributed by atoms with van der Waals surface area (Å²) < 4.78 is 0. The van der Waals surface area contributed by atoms with Crippen LogP contribution in [-0.2, 0) is 0 Å². The summed E-state index contributed by atoms with van der Waals surface area (Å²) in [5, 5.41) is 17.2. The number of pyridine rings is 1. The molecule has 0 saturated carbocycles. The van der Waals surface area contributed by atoms with E-state index in [0.717, 1.165) is 26.1 Å². The van der Waals surface area contributed by atoms with Gasteiger partial charge in [0.25, 0.3) is 0 Å². The third-order valence-electron chi connectivity index (χ3n) is 3.03. The van der Waals surface area contributed by atoms with Crippen molar-refractivity contribution in [2.24, 2.45) is 5.92 Å². The average molecular weight is 236 g/mol. The molecule has 0 bridgehead atoms. The largest absolute Gasteiger partial charge is 0.379 e. The van der Waals surface area contributed by atoms with Crippen LogP contribution >= 0.6 is 0 Å². The fourth-order valence-corrected chi connectivity index (χ4v) is 2.05. The van der Waals surface area contributed by atoms with Gasteiger partial charge in [0.2, 0.25) is 0 Å². The Hall–Kier alpha value is -1.69. The summed E-state index contributed by atoms with van der Waals surface area (Å²) in [5.41, 5.74) is 0.591. The van der Waals surface area contributed by atoms with Crippen molar-refractivity contribution in [3.63, 3.8) is 0 Å². The third-order valence-corrected chi connectivity index (χ3v) is 3.03. The molecule has 1 aromatic heterocycles. The highest BCUT2D eigenvalue weighted by Gasteiger charge is 2.15. The van der Waals surface area contributed by atoms with Gasteiger partial charge < -0.3 is 10.6 Å². The average Bonchev–Trinajstić information content (AvgIpc) is 2.82. The molecule has 2 heterocycles. The fraction of sp³-hybridized carbons (Fsp3) is 0.545. The Morgan fingerprint density at radius 3 is 3.24 bits per heavy atom. The quantitative estimate of drug-likeness (QED) is 0.596. The summed E-state index contributed by atoms with van der Waals surface area (Å²) in [6, 6.07) is 1.64. The molecule has 0 radical (unpaired) electrons. The van der Waals surface area contributed by atoms with Crippen LogP contribution < -0.4 is 10.6 Å². The zero-order valence-corrected chi connectivity index (χ0v) is 9.56. The molecule has 1 aliphatic heterocycles. The molecule has 0 amide bonds. The maximum absolute atomic E-state index is 10.8. The molecule has 0 aromatic carbocycles. The summed E-state index contributed by atoms with van der Waals surface area (Å²) in [4.78, 5) is 14.1. The van der Waals surface area contributed by atoms with E-state index in [1.807, 2.05) is 0 Å². The van der Waals surface area contributed by atoms with E-state index < -0.39 is 4.92 Å². The number of aromatic nitrogens is 1. The summed E-state index contributed by atoms with van der Waals surface area (Å²) in [7, 11) is 0. The number of nitrogens with one attached hydrogen (secondary N) is 2. The van der Waals surface area contributed by atoms with Crippen LogP contribution in [0.15, 0.2) is 18.5 Å². The summed E-state index contributed by atoms with van der Waals surface area (Å²) in [6.07, 6.45) is 5.07. The van der Waals surface area contributed by atoms with Gasteiger partial charge in [-0.3, -0.25) is 15.1 Å². The second-order valence-electron chi connectivity index (χ2n) is 4.22. The first-order chi connectivity index (χ1) is 8.27. The summed E-state index contributed by atoms with van der Waals surface area (Å²) >= 11 is 0. The molecular formula is C11H16N4O2. The third kappa shape index (κ3) is 3.13. The fourth-order valence-electron chi connectivity index (χ4n) is 2.05. The van der Waals surface area contributed by atoms with Crippen molar-refractivity contribution in [3.05, 3.63) is 28.6 Å². The van der Waals surface area contributed by atoms with E-state index in [9.17, 15) is 10.1 Å². The van der Waals surface area contributed by atoms with Gasteiger partial charge >= 0.3 is 5.69 Å². The predicted octanol–water partition coefficient (Wildman–Crippen LogP) is 1.40. The van der Waals surface area contributed by atoms with Crippen molar-refractivity contribution in [3.8, 4) is 0 Å². The molecular weight excluding hydrogens is 220 g/mol. The highest BCUT2D eigenvalue weighted by molar-refractivity contribution is 5.59. The second-order valence-corrected chi connectivity index (χ2v) is 4.22. The molecule has 2 N–H and O–H groups in total. The molecule has 6 nitrogen and oxygen atoms in total. The van der Waals surface area contributed by atoms with E-state index in [-0.39, 0.29) is 5.69 Å². The number of hydrogen-bond donors (Lipinski definition) is 2. The van der Waals surface area contributed by atoms with Gasteiger partial charge in [0.05, 0.1) is 4.92 Å². The SMILES string of the molecule is O=[N+]([O-])c1cnccc1NCCC1CCNC1. The maximum Gasteiger partial charge on any atom is 0.310 e. The topological polar surface area (TPSA) is 80.1 Å². The number of nitro groups is 1. The van der Waals surface area contributed by atoms with E-state index >= 15 is 0 Å². The first-order valence-corrected chi connectivity index (χ1v) is 5.80. The molecule has 1 fully saturated rings. The van der Waals surface area contributed by atoms with E-state index in [0.29, 0.717) is 11.6 Å². The first-order valence-electron chi connectivity index (χ1n) is 5.80. The van der Waals surface area contributed by atoms with Crippen molar-refractivity contribution in [1.29, 1.82) is 0 Å². The number of nitrogens with zero attached hydrogens (tertiary/aromatic N) is 2. The molecule has 1 saturated heterocycles. The van der Waals surface area contributed by atoms with Crippen molar-refractivity contribution < 1.29 is 4.92 Å². The molecule has 17 heavy (non-hydrogen) atoms. The van der Waals surface area contributed by atoms with Gasteiger partial charge in [0, 0.05) is 12.7 Å². The summed E-state index contributed by atoms with van der Waals surface area (Å²) in [6.45, 7) is 2.90. The van der Waals surface area contributed by atoms with Crippen molar-refractivity contribution in [2.45, 2.75) is 12.8 Å². The number of rotatable bonds is 5. The smallest absolute Gasteiger partial charge is 0.310 e. The lowest BCUT2D eigenvalue weighted by atomic mass is 10.1. The van der Waals surface area contributed by atoms with Crippen LogP contribution in [-0.4, -0.2) is 29.5 Å². The molecule has 1 atom stereocenters. The number of anilines is 1. The molecule has 2 rings (SSSR count). The molecule has 1 aromatic rings. The Labute approximate surface area is 99.6 Å². The summed E-state index contributed by atoms with van der Waals surface area (Å²) in [5.74, 6) is 0.684. The Morgan fingerprint density at radius 2 is 2.53 bits per heavy atom. The van der Waals surface area contributed by atoms with E-state index in [1.165, 1.54) is 12.6 Å². The van der Waals surface area contributed by atoms with Gasteiger partial charge in [-0.25, -0.2) is 0 Å². The van der Waals surface area contributed by atoms with Crippen LogP contribution in [0, 0.1) is 16.0 Å². The number of hydrogen-bond acceptors (Lipinski definition) is 5. The minimum absolute atomic E-state index is 0.0389. The van der Waals surface area contributed by atoms with Crippen LogP contribution in [0.25, 0.3) is 0 Å². The molecule has 1 aliphatic rings. The van der Waals surface area contributed by atoms with Crippen molar-refractivity contribution in [2.75, 3.05) is 25.0 Å². The van der Waals surface area contributed by atoms with Crippen LogP contribution in [0.3, 0.4) is 0 Å². The zero-order valence-electron chi connectivity index (χ0n) is 9.56. The first kappa shape index (κ1) is 11.8. The highest BCUT2D eigenvalue weighted by Crippen LogP contribution is 2.22. The van der Waals surface area contributed by atoms with E-state index in [1.54, 1.807) is 12.3 Å². The standard InChI is InChI=1S/C11H16N4O2/c16-15(17)11-8-13-5-3-10(11)14-6-2-9-1-4-12-7-9/h3,5,8-9,12H,1-2,4,6-7H2,(H,13,14). The normalized spacial score (nSPS) is 19.2. The van der Waals surface area contributed by atoms with Crippen LogP contribution in [0.1, 0.15) is 12.8 Å². The molecule has 0 spiro atoms. The van der Waals surface area contributed by atoms with Gasteiger partial charge in [0.15, 0.2) is 0 Å². The monoisotopic (exact) mass is 236 g/mol. The van der Waals surface area contributed by atoms with Gasteiger partial charge in [-0.15, -0.1) is 0 Å². The van der Waals surface area contributed by atoms with Crippen molar-refractivity contribution >= 4 is 11.4 Å². The van der Waals surface area contributed by atoms with E-state index in [2.05, 4.69) is 15.6 Å². The molecule has 92 valence electrons. The maximum atomic E-state index is 10.8. The minimum Gasteiger partial charge on any atom is -0.379 e. The van der Waals surface area contributed by atoms with Crippen LogP contribution in [0.2, 0.25) is 0 Å². The van der Waals surface area contributed by atoms with Gasteiger partial charge in [-0.2, -0.15) is 0 Å². The molecule has 0 aliphatic carbocycles. The van der Waals surface area contributed by atoms with Crippen molar-refractivity contribution in [1.82, 2.24) is 10.3 Å².